The Morgan fingerprint density at radius 1 is 1.56 bits per heavy atom. The van der Waals surface area contributed by atoms with Gasteiger partial charge in [-0.3, -0.25) is 0 Å². The highest BCUT2D eigenvalue weighted by Gasteiger charge is 2.30. The van der Waals surface area contributed by atoms with Crippen molar-refractivity contribution in [2.45, 2.75) is 18.9 Å². The van der Waals surface area contributed by atoms with Crippen LogP contribution < -0.4 is 4.90 Å². The van der Waals surface area contributed by atoms with Crippen LogP contribution in [-0.4, -0.2) is 26.2 Å². The number of likely N-dealkylation sites (N-methyl/N-ethyl adjacent to an activating group) is 1. The van der Waals surface area contributed by atoms with Crippen LogP contribution >= 0.6 is 11.6 Å². The molecular weight excluding hydrogens is 226 g/mol. The maximum absolute atomic E-state index is 11.6. The molecule has 1 aromatic carbocycles. The number of esters is 1. The van der Waals surface area contributed by atoms with Crippen LogP contribution in [0.5, 0.6) is 0 Å². The molecule has 0 bridgehead atoms. The van der Waals surface area contributed by atoms with Gasteiger partial charge in [0.25, 0.3) is 0 Å². The van der Waals surface area contributed by atoms with Crippen molar-refractivity contribution >= 4 is 23.3 Å². The Kier molecular flexibility index (Phi) is 3.06. The number of hydrogen-bond donors (Lipinski definition) is 0. The highest BCUT2D eigenvalue weighted by atomic mass is 35.5. The quantitative estimate of drug-likeness (QED) is 0.704. The third-order valence-electron chi connectivity index (χ3n) is 3.08. The number of ether oxygens (including phenoxy) is 1. The van der Waals surface area contributed by atoms with Crippen molar-refractivity contribution in [3.05, 3.63) is 28.8 Å². The minimum absolute atomic E-state index is 0.187. The van der Waals surface area contributed by atoms with Crippen LogP contribution in [0.1, 0.15) is 12.0 Å². The third-order valence-corrected chi connectivity index (χ3v) is 3.44. The lowest BCUT2D eigenvalue weighted by atomic mass is 9.96. The lowest BCUT2D eigenvalue weighted by molar-refractivity contribution is -0.142. The minimum Gasteiger partial charge on any atom is -0.467 e. The van der Waals surface area contributed by atoms with Gasteiger partial charge in [-0.1, -0.05) is 17.7 Å². The van der Waals surface area contributed by atoms with E-state index in [1.165, 1.54) is 7.11 Å². The normalized spacial score (nSPS) is 19.2. The Labute approximate surface area is 100.0 Å². The number of hydrogen-bond acceptors (Lipinski definition) is 3. The van der Waals surface area contributed by atoms with Crippen LogP contribution in [0.4, 0.5) is 5.69 Å². The smallest absolute Gasteiger partial charge is 0.328 e. The third kappa shape index (κ3) is 1.76. The van der Waals surface area contributed by atoms with E-state index >= 15 is 0 Å². The number of carbonyl (C=O) groups is 1. The van der Waals surface area contributed by atoms with Gasteiger partial charge in [-0.05, 0) is 30.5 Å². The fourth-order valence-corrected chi connectivity index (χ4v) is 2.44. The van der Waals surface area contributed by atoms with Crippen LogP contribution in [0.3, 0.4) is 0 Å². The summed E-state index contributed by atoms with van der Waals surface area (Å²) < 4.78 is 4.79. The first-order chi connectivity index (χ1) is 7.65. The molecule has 0 amide bonds. The van der Waals surface area contributed by atoms with Crippen molar-refractivity contribution in [3.8, 4) is 0 Å². The van der Waals surface area contributed by atoms with E-state index in [4.69, 9.17) is 16.3 Å². The Balaban J connectivity index is 2.36. The van der Waals surface area contributed by atoms with E-state index in [2.05, 4.69) is 0 Å². The van der Waals surface area contributed by atoms with Gasteiger partial charge >= 0.3 is 5.97 Å². The van der Waals surface area contributed by atoms with E-state index in [0.717, 1.165) is 29.1 Å². The van der Waals surface area contributed by atoms with Crippen LogP contribution in [-0.2, 0) is 16.0 Å². The molecule has 16 heavy (non-hydrogen) atoms. The average Bonchev–Trinajstić information content (AvgIpc) is 2.30. The van der Waals surface area contributed by atoms with Crippen molar-refractivity contribution in [1.82, 2.24) is 0 Å². The zero-order valence-electron chi connectivity index (χ0n) is 9.37. The molecule has 0 saturated heterocycles. The summed E-state index contributed by atoms with van der Waals surface area (Å²) in [5.74, 6) is -0.187. The molecule has 3 nitrogen and oxygen atoms in total. The molecule has 0 spiro atoms. The summed E-state index contributed by atoms with van der Waals surface area (Å²) in [4.78, 5) is 13.5. The molecule has 1 aliphatic heterocycles. The largest absolute Gasteiger partial charge is 0.467 e. The standard InChI is InChI=1S/C12H14ClNO2/c1-14-10-5-3-4-9(13)8(10)6-7-11(14)12(15)16-2/h3-5,11H,6-7H2,1-2H3. The topological polar surface area (TPSA) is 29.5 Å². The Bertz CT molecular complexity index is 419. The molecular formula is C12H14ClNO2. The van der Waals surface area contributed by atoms with Gasteiger partial charge in [-0.25, -0.2) is 4.79 Å². The van der Waals surface area contributed by atoms with Gasteiger partial charge < -0.3 is 9.64 Å². The molecule has 86 valence electrons. The van der Waals surface area contributed by atoms with E-state index in [0.29, 0.717) is 0 Å². The zero-order valence-corrected chi connectivity index (χ0v) is 10.1. The fraction of sp³-hybridized carbons (Fsp3) is 0.417. The Morgan fingerprint density at radius 3 is 3.00 bits per heavy atom. The molecule has 0 fully saturated rings. The van der Waals surface area contributed by atoms with Gasteiger partial charge in [-0.2, -0.15) is 0 Å². The summed E-state index contributed by atoms with van der Waals surface area (Å²) in [6.45, 7) is 0. The average molecular weight is 240 g/mol. The monoisotopic (exact) mass is 239 g/mol. The van der Waals surface area contributed by atoms with Crippen molar-refractivity contribution < 1.29 is 9.53 Å². The molecule has 1 aromatic rings. The summed E-state index contributed by atoms with van der Waals surface area (Å²) in [7, 11) is 3.32. The molecule has 0 radical (unpaired) electrons. The summed E-state index contributed by atoms with van der Waals surface area (Å²) in [6, 6.07) is 5.57. The number of rotatable bonds is 1. The van der Waals surface area contributed by atoms with Gasteiger partial charge in [0.15, 0.2) is 0 Å². The lowest BCUT2D eigenvalue weighted by Gasteiger charge is -2.34. The van der Waals surface area contributed by atoms with E-state index in [-0.39, 0.29) is 12.0 Å². The second-order valence-corrected chi connectivity index (χ2v) is 4.33. The van der Waals surface area contributed by atoms with E-state index in [9.17, 15) is 4.79 Å². The number of nitrogens with zero attached hydrogens (tertiary/aromatic N) is 1. The van der Waals surface area contributed by atoms with Crippen LogP contribution in [0.25, 0.3) is 0 Å². The van der Waals surface area contributed by atoms with Gasteiger partial charge in [-0.15, -0.1) is 0 Å². The van der Waals surface area contributed by atoms with Gasteiger partial charge in [0.05, 0.1) is 7.11 Å². The number of halogens is 1. The lowest BCUT2D eigenvalue weighted by Crippen LogP contribution is -2.42. The maximum Gasteiger partial charge on any atom is 0.328 e. The number of carbonyl (C=O) groups excluding carboxylic acids is 1. The minimum atomic E-state index is -0.198. The number of benzene rings is 1. The predicted molar refractivity (Wildman–Crippen MR) is 64.0 cm³/mol. The van der Waals surface area contributed by atoms with Crippen LogP contribution in [0.15, 0.2) is 18.2 Å². The summed E-state index contributed by atoms with van der Waals surface area (Å²) >= 11 is 6.13. The molecule has 1 heterocycles. The number of fused-ring (bicyclic) bond motifs is 1. The van der Waals surface area contributed by atoms with Gasteiger partial charge in [0.2, 0.25) is 0 Å². The summed E-state index contributed by atoms with van der Waals surface area (Å²) in [5.41, 5.74) is 2.14. The molecule has 0 aliphatic carbocycles. The van der Waals surface area contributed by atoms with Crippen LogP contribution in [0, 0.1) is 0 Å². The molecule has 1 aliphatic rings. The van der Waals surface area contributed by atoms with Crippen molar-refractivity contribution in [2.75, 3.05) is 19.1 Å². The summed E-state index contributed by atoms with van der Waals surface area (Å²) in [5, 5.41) is 0.771. The zero-order chi connectivity index (χ0) is 11.7. The molecule has 2 rings (SSSR count). The van der Waals surface area contributed by atoms with E-state index in [1.54, 1.807) is 0 Å². The summed E-state index contributed by atoms with van der Waals surface area (Å²) in [6.07, 6.45) is 1.57. The molecule has 1 atom stereocenters. The Hall–Kier alpha value is -1.22. The van der Waals surface area contributed by atoms with Crippen molar-refractivity contribution in [2.24, 2.45) is 0 Å². The number of anilines is 1. The van der Waals surface area contributed by atoms with Gasteiger partial charge in [0.1, 0.15) is 6.04 Å². The second-order valence-electron chi connectivity index (χ2n) is 3.93. The van der Waals surface area contributed by atoms with Crippen molar-refractivity contribution in [3.63, 3.8) is 0 Å². The van der Waals surface area contributed by atoms with E-state index in [1.807, 2.05) is 30.1 Å². The van der Waals surface area contributed by atoms with Crippen LogP contribution in [0.2, 0.25) is 5.02 Å². The fourth-order valence-electron chi connectivity index (χ4n) is 2.18. The molecule has 0 saturated carbocycles. The SMILES string of the molecule is COC(=O)C1CCc2c(Cl)cccc2N1C. The molecule has 0 N–H and O–H groups in total. The molecule has 1 unspecified atom stereocenters. The molecule has 0 aromatic heterocycles. The second kappa shape index (κ2) is 4.34. The highest BCUT2D eigenvalue weighted by Crippen LogP contribution is 2.34. The van der Waals surface area contributed by atoms with Crippen molar-refractivity contribution in [1.29, 1.82) is 0 Å². The first-order valence-corrected chi connectivity index (χ1v) is 5.61. The molecule has 4 heteroatoms. The number of methoxy groups -OCH3 is 1. The maximum atomic E-state index is 11.6. The van der Waals surface area contributed by atoms with E-state index < -0.39 is 0 Å². The Morgan fingerprint density at radius 2 is 2.31 bits per heavy atom. The van der Waals surface area contributed by atoms with Gasteiger partial charge in [0, 0.05) is 17.8 Å². The first-order valence-electron chi connectivity index (χ1n) is 5.23. The predicted octanol–water partition coefficient (Wildman–Crippen LogP) is 2.26. The first kappa shape index (κ1) is 11.3. The highest BCUT2D eigenvalue weighted by molar-refractivity contribution is 6.31.